The Bertz CT molecular complexity index is 587. The molecule has 1 saturated carbocycles. The van der Waals surface area contributed by atoms with Crippen molar-refractivity contribution in [2.75, 3.05) is 0 Å². The number of carbonyl (C=O) groups is 1. The Kier molecular flexibility index (Phi) is 4.19. The van der Waals surface area contributed by atoms with Crippen LogP contribution in [0.5, 0.6) is 0 Å². The first kappa shape index (κ1) is 15.1. The van der Waals surface area contributed by atoms with Crippen LogP contribution in [0.4, 0.5) is 0 Å². The van der Waals surface area contributed by atoms with Crippen LogP contribution in [0.2, 0.25) is 0 Å². The molecule has 0 unspecified atom stereocenters. The van der Waals surface area contributed by atoms with Gasteiger partial charge >= 0.3 is 0 Å². The van der Waals surface area contributed by atoms with Crippen LogP contribution >= 0.6 is 0 Å². The zero-order valence-corrected chi connectivity index (χ0v) is 12.7. The predicted molar refractivity (Wildman–Crippen MR) is 73.8 cm³/mol. The van der Waals surface area contributed by atoms with Crippen LogP contribution in [0.25, 0.3) is 0 Å². The molecule has 112 valence electrons. The van der Waals surface area contributed by atoms with Gasteiger partial charge in [-0.15, -0.1) is 0 Å². The molecule has 7 heteroatoms. The normalized spacial score (nSPS) is 17.2. The summed E-state index contributed by atoms with van der Waals surface area (Å²) in [6.45, 7) is 5.86. The fourth-order valence-corrected chi connectivity index (χ4v) is 2.75. The van der Waals surface area contributed by atoms with E-state index in [2.05, 4.69) is 10.0 Å². The van der Waals surface area contributed by atoms with Crippen LogP contribution in [-0.2, 0) is 10.0 Å². The molecule has 1 aliphatic carbocycles. The second-order valence-corrected chi connectivity index (χ2v) is 7.17. The quantitative estimate of drug-likeness (QED) is 0.833. The van der Waals surface area contributed by atoms with Gasteiger partial charge in [0, 0.05) is 12.1 Å². The zero-order valence-electron chi connectivity index (χ0n) is 11.8. The van der Waals surface area contributed by atoms with Gasteiger partial charge < -0.3 is 9.73 Å². The first-order valence-corrected chi connectivity index (χ1v) is 8.21. The van der Waals surface area contributed by atoms with E-state index in [1.165, 1.54) is 12.1 Å². The lowest BCUT2D eigenvalue weighted by Crippen LogP contribution is -2.35. The standard InChI is InChI=1S/C13H20N2O4S/c1-8(2)9(3)14-13(16)11-6-7-12(19-11)20(17,18)15-10-4-5-10/h6-10,15H,4-5H2,1-3H3,(H,14,16)/t9-/m0/s1. The maximum atomic E-state index is 11.9. The summed E-state index contributed by atoms with van der Waals surface area (Å²) < 4.78 is 31.5. The van der Waals surface area contributed by atoms with E-state index in [-0.39, 0.29) is 28.9 Å². The van der Waals surface area contributed by atoms with Gasteiger partial charge in [-0.2, -0.15) is 0 Å². The number of hydrogen-bond acceptors (Lipinski definition) is 4. The largest absolute Gasteiger partial charge is 0.438 e. The topological polar surface area (TPSA) is 88.4 Å². The highest BCUT2D eigenvalue weighted by Crippen LogP contribution is 2.23. The van der Waals surface area contributed by atoms with Crippen LogP contribution in [-0.4, -0.2) is 26.4 Å². The molecule has 0 aliphatic heterocycles. The van der Waals surface area contributed by atoms with Gasteiger partial charge in [-0.3, -0.25) is 4.79 Å². The Hall–Kier alpha value is -1.34. The van der Waals surface area contributed by atoms with Gasteiger partial charge in [0.1, 0.15) is 0 Å². The van der Waals surface area contributed by atoms with Crippen LogP contribution in [0, 0.1) is 5.92 Å². The van der Waals surface area contributed by atoms with E-state index < -0.39 is 15.9 Å². The lowest BCUT2D eigenvalue weighted by Gasteiger charge is -2.16. The number of rotatable bonds is 6. The van der Waals surface area contributed by atoms with E-state index in [1.54, 1.807) is 0 Å². The van der Waals surface area contributed by atoms with Crippen LogP contribution in [0.3, 0.4) is 0 Å². The Balaban J connectivity index is 2.06. The summed E-state index contributed by atoms with van der Waals surface area (Å²) in [5.41, 5.74) is 0. The number of hydrogen-bond donors (Lipinski definition) is 2. The highest BCUT2D eigenvalue weighted by Gasteiger charge is 2.30. The zero-order chi connectivity index (χ0) is 14.9. The molecule has 2 N–H and O–H groups in total. The lowest BCUT2D eigenvalue weighted by atomic mass is 10.1. The number of sulfonamides is 1. The van der Waals surface area contributed by atoms with Crippen molar-refractivity contribution in [1.82, 2.24) is 10.0 Å². The van der Waals surface area contributed by atoms with E-state index in [1.807, 2.05) is 20.8 Å². The molecule has 0 aromatic carbocycles. The Morgan fingerprint density at radius 2 is 1.95 bits per heavy atom. The predicted octanol–water partition coefficient (Wildman–Crippen LogP) is 1.49. The molecule has 0 spiro atoms. The average Bonchev–Trinajstić information content (AvgIpc) is 2.99. The van der Waals surface area contributed by atoms with Gasteiger partial charge in [-0.1, -0.05) is 13.8 Å². The molecule has 0 bridgehead atoms. The third-order valence-electron chi connectivity index (χ3n) is 3.33. The monoisotopic (exact) mass is 300 g/mol. The third kappa shape index (κ3) is 3.61. The molecule has 2 rings (SSSR count). The van der Waals surface area contributed by atoms with Crippen molar-refractivity contribution >= 4 is 15.9 Å². The number of furan rings is 1. The van der Waals surface area contributed by atoms with Crippen molar-refractivity contribution in [3.63, 3.8) is 0 Å². The summed E-state index contributed by atoms with van der Waals surface area (Å²) in [4.78, 5) is 11.9. The summed E-state index contributed by atoms with van der Waals surface area (Å²) >= 11 is 0. The average molecular weight is 300 g/mol. The highest BCUT2D eigenvalue weighted by molar-refractivity contribution is 7.89. The van der Waals surface area contributed by atoms with Gasteiger partial charge in [-0.05, 0) is 37.8 Å². The summed E-state index contributed by atoms with van der Waals surface area (Å²) in [6.07, 6.45) is 1.69. The molecule has 1 aromatic rings. The van der Waals surface area contributed by atoms with Crippen LogP contribution in [0.1, 0.15) is 44.2 Å². The smallest absolute Gasteiger partial charge is 0.287 e. The fraction of sp³-hybridized carbons (Fsp3) is 0.615. The van der Waals surface area contributed by atoms with Gasteiger partial charge in [-0.25, -0.2) is 13.1 Å². The molecular weight excluding hydrogens is 280 g/mol. The van der Waals surface area contributed by atoms with Crippen LogP contribution < -0.4 is 10.0 Å². The Morgan fingerprint density at radius 1 is 1.30 bits per heavy atom. The molecule has 0 radical (unpaired) electrons. The molecule has 1 atom stereocenters. The molecule has 1 fully saturated rings. The SMILES string of the molecule is CC(C)[C@H](C)NC(=O)c1ccc(S(=O)(=O)NC2CC2)o1. The maximum Gasteiger partial charge on any atom is 0.287 e. The van der Waals surface area contributed by atoms with Crippen LogP contribution in [0.15, 0.2) is 21.6 Å². The molecule has 0 saturated heterocycles. The van der Waals surface area contributed by atoms with Crippen molar-refractivity contribution in [2.45, 2.75) is 50.8 Å². The summed E-state index contributed by atoms with van der Waals surface area (Å²) in [7, 11) is -3.65. The minimum absolute atomic E-state index is 0.00309. The van der Waals surface area contributed by atoms with E-state index in [9.17, 15) is 13.2 Å². The van der Waals surface area contributed by atoms with Crippen molar-refractivity contribution in [1.29, 1.82) is 0 Å². The number of amides is 1. The van der Waals surface area contributed by atoms with E-state index in [0.717, 1.165) is 12.8 Å². The Morgan fingerprint density at radius 3 is 2.50 bits per heavy atom. The third-order valence-corrected chi connectivity index (χ3v) is 4.72. The molecule has 1 amide bonds. The first-order valence-electron chi connectivity index (χ1n) is 6.72. The minimum atomic E-state index is -3.65. The summed E-state index contributed by atoms with van der Waals surface area (Å²) in [5, 5.41) is 2.55. The van der Waals surface area contributed by atoms with Gasteiger partial charge in [0.05, 0.1) is 0 Å². The summed E-state index contributed by atoms with van der Waals surface area (Å²) in [5.74, 6) is -0.110. The molecule has 1 heterocycles. The van der Waals surface area contributed by atoms with E-state index in [4.69, 9.17) is 4.42 Å². The fourth-order valence-electron chi connectivity index (χ4n) is 1.51. The lowest BCUT2D eigenvalue weighted by molar-refractivity contribution is 0.0897. The van der Waals surface area contributed by atoms with Gasteiger partial charge in [0.15, 0.2) is 5.76 Å². The minimum Gasteiger partial charge on any atom is -0.438 e. The van der Waals surface area contributed by atoms with E-state index in [0.29, 0.717) is 0 Å². The highest BCUT2D eigenvalue weighted by atomic mass is 32.2. The van der Waals surface area contributed by atoms with Crippen molar-refractivity contribution < 1.29 is 17.6 Å². The molecular formula is C13H20N2O4S. The molecule has 1 aliphatic rings. The summed E-state index contributed by atoms with van der Waals surface area (Å²) in [6, 6.07) is 2.67. The maximum absolute atomic E-state index is 11.9. The first-order chi connectivity index (χ1) is 9.29. The van der Waals surface area contributed by atoms with Gasteiger partial charge in [0.2, 0.25) is 5.09 Å². The van der Waals surface area contributed by atoms with Crippen molar-refractivity contribution in [3.05, 3.63) is 17.9 Å². The van der Waals surface area contributed by atoms with E-state index >= 15 is 0 Å². The van der Waals surface area contributed by atoms with Crippen molar-refractivity contribution in [3.8, 4) is 0 Å². The van der Waals surface area contributed by atoms with Crippen molar-refractivity contribution in [2.24, 2.45) is 5.92 Å². The second-order valence-electron chi connectivity index (χ2n) is 5.52. The Labute approximate surface area is 119 Å². The number of carbonyl (C=O) groups excluding carboxylic acids is 1. The molecule has 20 heavy (non-hydrogen) atoms. The second kappa shape index (κ2) is 5.57. The number of nitrogens with one attached hydrogen (secondary N) is 2. The molecule has 6 nitrogen and oxygen atoms in total. The van der Waals surface area contributed by atoms with Gasteiger partial charge in [0.25, 0.3) is 15.9 Å². The molecule has 1 aromatic heterocycles.